The Hall–Kier alpha value is -0.990. The van der Waals surface area contributed by atoms with Gasteiger partial charge in [0, 0.05) is 12.0 Å². The monoisotopic (exact) mass is 315 g/mol. The zero-order valence-corrected chi connectivity index (χ0v) is 12.8. The first-order valence-electron chi connectivity index (χ1n) is 6.84. The summed E-state index contributed by atoms with van der Waals surface area (Å²) in [5.41, 5.74) is 0.809. The van der Waals surface area contributed by atoms with Gasteiger partial charge in [0.15, 0.2) is 0 Å². The Bertz CT molecular complexity index is 540. The molecule has 2 rings (SSSR count). The normalized spacial score (nSPS) is 25.5. The summed E-state index contributed by atoms with van der Waals surface area (Å²) in [6, 6.07) is 9.88. The topological polar surface area (TPSA) is 84.9 Å². The van der Waals surface area contributed by atoms with Gasteiger partial charge in [-0.1, -0.05) is 30.3 Å². The number of hydrogen-bond donors (Lipinski definition) is 2. The standard InChI is InChI=1S/C14H21NO5S/c1-15-10-14(11-20-21(16,17)18)7-13(8-14)19-9-12-5-3-2-4-6-12/h2-6,13,15H,7-11H2,1H3,(H,16,17,18). The molecule has 0 bridgehead atoms. The summed E-state index contributed by atoms with van der Waals surface area (Å²) >= 11 is 0. The van der Waals surface area contributed by atoms with E-state index in [1.54, 1.807) is 7.05 Å². The predicted molar refractivity (Wildman–Crippen MR) is 78.1 cm³/mol. The van der Waals surface area contributed by atoms with Crippen molar-refractivity contribution in [3.8, 4) is 0 Å². The highest BCUT2D eigenvalue weighted by atomic mass is 32.3. The molecule has 1 aliphatic rings. The van der Waals surface area contributed by atoms with E-state index in [2.05, 4.69) is 9.50 Å². The SMILES string of the molecule is CNCC1(COS(=O)(=O)O)CC(OCc2ccccc2)C1. The van der Waals surface area contributed by atoms with Crippen LogP contribution in [-0.2, 0) is 25.9 Å². The molecule has 2 N–H and O–H groups in total. The summed E-state index contributed by atoms with van der Waals surface area (Å²) in [7, 11) is -2.59. The maximum atomic E-state index is 10.7. The lowest BCUT2D eigenvalue weighted by Gasteiger charge is -2.46. The summed E-state index contributed by atoms with van der Waals surface area (Å²) in [5.74, 6) is 0. The molecule has 0 aliphatic heterocycles. The summed E-state index contributed by atoms with van der Waals surface area (Å²) in [6.45, 7) is 1.13. The molecule has 1 aliphatic carbocycles. The van der Waals surface area contributed by atoms with Gasteiger partial charge in [-0.15, -0.1) is 0 Å². The Morgan fingerprint density at radius 3 is 2.57 bits per heavy atom. The van der Waals surface area contributed by atoms with Crippen LogP contribution in [0.15, 0.2) is 30.3 Å². The highest BCUT2D eigenvalue weighted by Gasteiger charge is 2.45. The smallest absolute Gasteiger partial charge is 0.373 e. The van der Waals surface area contributed by atoms with Gasteiger partial charge in [0.25, 0.3) is 0 Å². The van der Waals surface area contributed by atoms with E-state index in [-0.39, 0.29) is 18.1 Å². The average molecular weight is 315 g/mol. The van der Waals surface area contributed by atoms with E-state index in [4.69, 9.17) is 9.29 Å². The van der Waals surface area contributed by atoms with Gasteiger partial charge in [-0.25, -0.2) is 4.18 Å². The van der Waals surface area contributed by atoms with E-state index < -0.39 is 10.4 Å². The van der Waals surface area contributed by atoms with Crippen molar-refractivity contribution in [3.05, 3.63) is 35.9 Å². The van der Waals surface area contributed by atoms with E-state index >= 15 is 0 Å². The zero-order valence-electron chi connectivity index (χ0n) is 12.0. The maximum Gasteiger partial charge on any atom is 0.397 e. The number of nitrogens with one attached hydrogen (secondary N) is 1. The largest absolute Gasteiger partial charge is 0.397 e. The van der Waals surface area contributed by atoms with Gasteiger partial charge in [0.05, 0.1) is 19.3 Å². The quantitative estimate of drug-likeness (QED) is 0.705. The second kappa shape index (κ2) is 6.85. The molecule has 0 radical (unpaired) electrons. The van der Waals surface area contributed by atoms with E-state index in [9.17, 15) is 8.42 Å². The van der Waals surface area contributed by atoms with Crippen molar-refractivity contribution in [2.24, 2.45) is 5.41 Å². The molecule has 7 heteroatoms. The Balaban J connectivity index is 1.80. The van der Waals surface area contributed by atoms with Crippen molar-refractivity contribution in [2.75, 3.05) is 20.2 Å². The molecule has 6 nitrogen and oxygen atoms in total. The minimum Gasteiger partial charge on any atom is -0.373 e. The Kier molecular flexibility index (Phi) is 5.34. The average Bonchev–Trinajstić information content (AvgIpc) is 2.40. The highest BCUT2D eigenvalue weighted by Crippen LogP contribution is 2.43. The van der Waals surface area contributed by atoms with Gasteiger partial charge >= 0.3 is 10.4 Å². The fourth-order valence-corrected chi connectivity index (χ4v) is 3.10. The van der Waals surface area contributed by atoms with Crippen molar-refractivity contribution in [1.82, 2.24) is 5.32 Å². The lowest BCUT2D eigenvalue weighted by molar-refractivity contribution is -0.102. The van der Waals surface area contributed by atoms with E-state index in [1.165, 1.54) is 0 Å². The van der Waals surface area contributed by atoms with Crippen molar-refractivity contribution < 1.29 is 21.9 Å². The number of rotatable bonds is 8. The summed E-state index contributed by atoms with van der Waals surface area (Å²) in [5, 5.41) is 3.03. The first-order valence-corrected chi connectivity index (χ1v) is 8.21. The van der Waals surface area contributed by atoms with Crippen LogP contribution in [0.1, 0.15) is 18.4 Å². The van der Waals surface area contributed by atoms with Crippen LogP contribution in [0.5, 0.6) is 0 Å². The van der Waals surface area contributed by atoms with E-state index in [0.717, 1.165) is 5.56 Å². The lowest BCUT2D eigenvalue weighted by atomic mass is 9.67. The van der Waals surface area contributed by atoms with Crippen LogP contribution >= 0.6 is 0 Å². The van der Waals surface area contributed by atoms with Gasteiger partial charge in [-0.2, -0.15) is 8.42 Å². The lowest BCUT2D eigenvalue weighted by Crippen LogP contribution is -2.51. The van der Waals surface area contributed by atoms with Gasteiger partial charge < -0.3 is 10.1 Å². The first kappa shape index (κ1) is 16.4. The molecule has 0 atom stereocenters. The number of hydrogen-bond acceptors (Lipinski definition) is 5. The molecule has 1 fully saturated rings. The van der Waals surface area contributed by atoms with Gasteiger partial charge in [0.1, 0.15) is 0 Å². The fourth-order valence-electron chi connectivity index (χ4n) is 2.70. The first-order chi connectivity index (χ1) is 9.92. The van der Waals surface area contributed by atoms with Crippen LogP contribution < -0.4 is 5.32 Å². The fraction of sp³-hybridized carbons (Fsp3) is 0.571. The minimum atomic E-state index is -4.39. The van der Waals surface area contributed by atoms with Crippen LogP contribution in [0, 0.1) is 5.41 Å². The molecular weight excluding hydrogens is 294 g/mol. The van der Waals surface area contributed by atoms with Gasteiger partial charge in [-0.05, 0) is 25.5 Å². The van der Waals surface area contributed by atoms with Crippen LogP contribution in [0.2, 0.25) is 0 Å². The third kappa shape index (κ3) is 5.05. The van der Waals surface area contributed by atoms with Crippen LogP contribution in [0.4, 0.5) is 0 Å². The van der Waals surface area contributed by atoms with Crippen molar-refractivity contribution in [2.45, 2.75) is 25.6 Å². The Labute approximate surface area is 125 Å². The minimum absolute atomic E-state index is 0.0299. The van der Waals surface area contributed by atoms with Gasteiger partial charge in [-0.3, -0.25) is 4.55 Å². The molecule has 1 aromatic carbocycles. The molecule has 0 heterocycles. The summed E-state index contributed by atoms with van der Waals surface area (Å²) in [4.78, 5) is 0. The Morgan fingerprint density at radius 1 is 1.33 bits per heavy atom. The second-order valence-electron chi connectivity index (χ2n) is 5.55. The number of benzene rings is 1. The van der Waals surface area contributed by atoms with E-state index in [1.807, 2.05) is 30.3 Å². The van der Waals surface area contributed by atoms with Crippen LogP contribution in [-0.4, -0.2) is 39.3 Å². The molecule has 0 saturated heterocycles. The molecule has 118 valence electrons. The zero-order chi connectivity index (χ0) is 15.3. The molecule has 0 amide bonds. The predicted octanol–water partition coefficient (Wildman–Crippen LogP) is 1.39. The molecule has 1 aromatic rings. The summed E-state index contributed by atoms with van der Waals surface area (Å²) < 4.78 is 40.4. The highest BCUT2D eigenvalue weighted by molar-refractivity contribution is 7.80. The third-order valence-electron chi connectivity index (χ3n) is 3.72. The second-order valence-corrected chi connectivity index (χ2v) is 6.64. The molecule has 1 saturated carbocycles. The van der Waals surface area contributed by atoms with Crippen molar-refractivity contribution in [1.29, 1.82) is 0 Å². The molecular formula is C14H21NO5S. The molecule has 21 heavy (non-hydrogen) atoms. The van der Waals surface area contributed by atoms with Gasteiger partial charge in [0.2, 0.25) is 0 Å². The van der Waals surface area contributed by atoms with E-state index in [0.29, 0.717) is 26.0 Å². The number of ether oxygens (including phenoxy) is 1. The van der Waals surface area contributed by atoms with Crippen LogP contribution in [0.25, 0.3) is 0 Å². The van der Waals surface area contributed by atoms with Crippen molar-refractivity contribution in [3.63, 3.8) is 0 Å². The molecule has 0 unspecified atom stereocenters. The molecule has 0 spiro atoms. The summed E-state index contributed by atoms with van der Waals surface area (Å²) in [6.07, 6.45) is 1.50. The third-order valence-corrected chi connectivity index (χ3v) is 4.13. The maximum absolute atomic E-state index is 10.7. The van der Waals surface area contributed by atoms with Crippen LogP contribution in [0.3, 0.4) is 0 Å². The Morgan fingerprint density at radius 2 is 2.00 bits per heavy atom. The molecule has 0 aromatic heterocycles. The van der Waals surface area contributed by atoms with Crippen molar-refractivity contribution >= 4 is 10.4 Å².